The fourth-order valence-electron chi connectivity index (χ4n) is 1.83. The van der Waals surface area contributed by atoms with E-state index in [0.29, 0.717) is 25.4 Å². The van der Waals surface area contributed by atoms with Gasteiger partial charge in [0.1, 0.15) is 5.84 Å². The lowest BCUT2D eigenvalue weighted by Gasteiger charge is -2.22. The smallest absolute Gasteiger partial charge is 0.226 e. The molecule has 2 rings (SSSR count). The maximum Gasteiger partial charge on any atom is 0.226 e. The van der Waals surface area contributed by atoms with Crippen molar-refractivity contribution in [2.24, 2.45) is 10.9 Å². The van der Waals surface area contributed by atoms with Crippen LogP contribution in [0.2, 0.25) is 0 Å². The summed E-state index contributed by atoms with van der Waals surface area (Å²) in [5.74, 6) is 1.49. The van der Waals surface area contributed by atoms with Crippen molar-refractivity contribution in [3.05, 3.63) is 35.9 Å². The molecule has 0 spiro atoms. The van der Waals surface area contributed by atoms with Crippen LogP contribution in [-0.4, -0.2) is 37.1 Å². The number of carbonyl (C=O) groups excluding carboxylic acids is 1. The van der Waals surface area contributed by atoms with Gasteiger partial charge in [0.05, 0.1) is 12.5 Å². The first-order chi connectivity index (χ1) is 8.81. The molecule has 1 aliphatic heterocycles. The number of benzene rings is 1. The summed E-state index contributed by atoms with van der Waals surface area (Å²) in [7, 11) is 0. The third kappa shape index (κ3) is 3.26. The Kier molecular flexibility index (Phi) is 4.64. The first kappa shape index (κ1) is 13.0. The van der Waals surface area contributed by atoms with Crippen molar-refractivity contribution < 1.29 is 4.79 Å². The van der Waals surface area contributed by atoms with Crippen molar-refractivity contribution in [1.82, 2.24) is 10.6 Å². The summed E-state index contributed by atoms with van der Waals surface area (Å²) in [6.45, 7) is 1.77. The highest BCUT2D eigenvalue weighted by Crippen LogP contribution is 2.07. The number of nitrogens with one attached hydrogen (secondary N) is 2. The second-order valence-electron chi connectivity index (χ2n) is 4.15. The first-order valence-corrected chi connectivity index (χ1v) is 6.67. The van der Waals surface area contributed by atoms with Gasteiger partial charge in [0.2, 0.25) is 5.91 Å². The molecule has 1 unspecified atom stereocenters. The molecule has 1 aromatic rings. The molecule has 0 fully saturated rings. The summed E-state index contributed by atoms with van der Waals surface area (Å²) >= 11 is 4.06. The van der Waals surface area contributed by atoms with Gasteiger partial charge in [0.25, 0.3) is 0 Å². The average Bonchev–Trinajstić information content (AvgIpc) is 2.46. The Hall–Kier alpha value is -1.49. The van der Waals surface area contributed by atoms with Gasteiger partial charge in [-0.1, -0.05) is 30.3 Å². The van der Waals surface area contributed by atoms with Crippen LogP contribution in [-0.2, 0) is 4.79 Å². The number of amides is 1. The topological polar surface area (TPSA) is 53.5 Å². The quantitative estimate of drug-likeness (QED) is 0.700. The predicted octanol–water partition coefficient (Wildman–Crippen LogP) is 0.699. The standard InChI is InChI=1S/C13H17N3OS/c17-13(14-6-7-18)11-8-15-12(16-9-11)10-4-2-1-3-5-10/h1-5,11,18H,6-9H2,(H,14,17)(H,15,16). The largest absolute Gasteiger partial charge is 0.369 e. The second kappa shape index (κ2) is 6.44. The van der Waals surface area contributed by atoms with Gasteiger partial charge >= 0.3 is 0 Å². The Balaban J connectivity index is 1.94. The lowest BCUT2D eigenvalue weighted by atomic mass is 10.1. The van der Waals surface area contributed by atoms with Crippen LogP contribution in [0.15, 0.2) is 35.3 Å². The number of hydrogen-bond donors (Lipinski definition) is 3. The fourth-order valence-corrected chi connectivity index (χ4v) is 1.94. The van der Waals surface area contributed by atoms with E-state index < -0.39 is 0 Å². The number of aliphatic imine (C=N–C) groups is 1. The van der Waals surface area contributed by atoms with Gasteiger partial charge in [-0.05, 0) is 0 Å². The van der Waals surface area contributed by atoms with Crippen LogP contribution < -0.4 is 10.6 Å². The van der Waals surface area contributed by atoms with E-state index in [4.69, 9.17) is 0 Å². The third-order valence-corrected chi connectivity index (χ3v) is 3.04. The van der Waals surface area contributed by atoms with Crippen molar-refractivity contribution in [1.29, 1.82) is 0 Å². The molecule has 1 aromatic carbocycles. The molecule has 0 radical (unpaired) electrons. The summed E-state index contributed by atoms with van der Waals surface area (Å²) in [6.07, 6.45) is 0. The van der Waals surface area contributed by atoms with E-state index in [-0.39, 0.29) is 11.8 Å². The van der Waals surface area contributed by atoms with Crippen molar-refractivity contribution in [2.75, 3.05) is 25.4 Å². The third-order valence-electron chi connectivity index (χ3n) is 2.81. The zero-order chi connectivity index (χ0) is 12.8. The maximum absolute atomic E-state index is 11.7. The molecule has 0 bridgehead atoms. The molecular formula is C13H17N3OS. The number of rotatable bonds is 4. The van der Waals surface area contributed by atoms with Crippen LogP contribution in [0.1, 0.15) is 5.56 Å². The molecule has 0 saturated heterocycles. The molecule has 96 valence electrons. The Labute approximate surface area is 112 Å². The van der Waals surface area contributed by atoms with Gasteiger partial charge < -0.3 is 10.6 Å². The number of hydrogen-bond acceptors (Lipinski definition) is 4. The molecular weight excluding hydrogens is 246 g/mol. The van der Waals surface area contributed by atoms with Crippen LogP contribution in [0.25, 0.3) is 0 Å². The van der Waals surface area contributed by atoms with Crippen LogP contribution in [0.4, 0.5) is 0 Å². The Bertz CT molecular complexity index is 433. The highest BCUT2D eigenvalue weighted by Gasteiger charge is 2.22. The van der Waals surface area contributed by atoms with Gasteiger partial charge in [0.15, 0.2) is 0 Å². The normalized spacial score (nSPS) is 18.7. The minimum Gasteiger partial charge on any atom is -0.369 e. The van der Waals surface area contributed by atoms with Gasteiger partial charge in [-0.25, -0.2) is 0 Å². The second-order valence-corrected chi connectivity index (χ2v) is 4.59. The predicted molar refractivity (Wildman–Crippen MR) is 76.2 cm³/mol. The van der Waals surface area contributed by atoms with Crippen molar-refractivity contribution in [2.45, 2.75) is 0 Å². The van der Waals surface area contributed by atoms with Crippen molar-refractivity contribution in [3.63, 3.8) is 0 Å². The van der Waals surface area contributed by atoms with Crippen LogP contribution in [0.5, 0.6) is 0 Å². The molecule has 1 amide bonds. The van der Waals surface area contributed by atoms with E-state index in [1.54, 1.807) is 0 Å². The molecule has 2 N–H and O–H groups in total. The molecule has 4 nitrogen and oxygen atoms in total. The van der Waals surface area contributed by atoms with E-state index in [2.05, 4.69) is 28.3 Å². The van der Waals surface area contributed by atoms with E-state index >= 15 is 0 Å². The molecule has 0 aromatic heterocycles. The SMILES string of the molecule is O=C(NCCS)C1CN=C(c2ccccc2)NC1. The first-order valence-electron chi connectivity index (χ1n) is 6.03. The molecule has 1 aliphatic rings. The monoisotopic (exact) mass is 263 g/mol. The summed E-state index contributed by atoms with van der Waals surface area (Å²) in [5.41, 5.74) is 1.06. The van der Waals surface area contributed by atoms with Crippen LogP contribution in [0.3, 0.4) is 0 Å². The van der Waals surface area contributed by atoms with Gasteiger partial charge in [0, 0.05) is 24.4 Å². The molecule has 1 heterocycles. The highest BCUT2D eigenvalue weighted by atomic mass is 32.1. The number of thiol groups is 1. The zero-order valence-electron chi connectivity index (χ0n) is 10.1. The Morgan fingerprint density at radius 3 is 2.83 bits per heavy atom. The van der Waals surface area contributed by atoms with E-state index in [0.717, 1.165) is 11.4 Å². The summed E-state index contributed by atoms with van der Waals surface area (Å²) in [5, 5.41) is 6.04. The lowest BCUT2D eigenvalue weighted by Crippen LogP contribution is -2.44. The van der Waals surface area contributed by atoms with Gasteiger partial charge in [-0.15, -0.1) is 0 Å². The minimum atomic E-state index is -0.0858. The van der Waals surface area contributed by atoms with E-state index in [9.17, 15) is 4.79 Å². The molecule has 18 heavy (non-hydrogen) atoms. The minimum absolute atomic E-state index is 0.0485. The number of carbonyl (C=O) groups is 1. The Morgan fingerprint density at radius 2 is 2.22 bits per heavy atom. The molecule has 1 atom stereocenters. The molecule has 0 aliphatic carbocycles. The fraction of sp³-hybridized carbons (Fsp3) is 0.385. The van der Waals surface area contributed by atoms with Gasteiger partial charge in [-0.2, -0.15) is 12.6 Å². The summed E-state index contributed by atoms with van der Waals surface area (Å²) in [4.78, 5) is 16.2. The Morgan fingerprint density at radius 1 is 1.44 bits per heavy atom. The lowest BCUT2D eigenvalue weighted by molar-refractivity contribution is -0.124. The van der Waals surface area contributed by atoms with Crippen LogP contribution in [0, 0.1) is 5.92 Å². The van der Waals surface area contributed by atoms with Gasteiger partial charge in [-0.3, -0.25) is 9.79 Å². The molecule has 5 heteroatoms. The zero-order valence-corrected chi connectivity index (χ0v) is 11.0. The summed E-state index contributed by atoms with van der Waals surface area (Å²) in [6, 6.07) is 9.94. The van der Waals surface area contributed by atoms with Crippen molar-refractivity contribution >= 4 is 24.4 Å². The number of amidine groups is 1. The van der Waals surface area contributed by atoms with Crippen LogP contribution >= 0.6 is 12.6 Å². The van der Waals surface area contributed by atoms with Crippen molar-refractivity contribution in [3.8, 4) is 0 Å². The highest BCUT2D eigenvalue weighted by molar-refractivity contribution is 7.80. The van der Waals surface area contributed by atoms with E-state index in [1.807, 2.05) is 30.3 Å². The number of nitrogens with zero attached hydrogens (tertiary/aromatic N) is 1. The van der Waals surface area contributed by atoms with E-state index in [1.165, 1.54) is 0 Å². The molecule has 0 saturated carbocycles. The average molecular weight is 263 g/mol. The maximum atomic E-state index is 11.7. The summed E-state index contributed by atoms with van der Waals surface area (Å²) < 4.78 is 0.